The van der Waals surface area contributed by atoms with E-state index in [-0.39, 0.29) is 11.7 Å². The summed E-state index contributed by atoms with van der Waals surface area (Å²) in [6.45, 7) is 1.98. The van der Waals surface area contributed by atoms with Crippen LogP contribution < -0.4 is 10.6 Å². The summed E-state index contributed by atoms with van der Waals surface area (Å²) in [6.07, 6.45) is 2.87. The zero-order valence-corrected chi connectivity index (χ0v) is 13.0. The summed E-state index contributed by atoms with van der Waals surface area (Å²) in [5, 5.41) is 5.71. The Labute approximate surface area is 138 Å². The summed E-state index contributed by atoms with van der Waals surface area (Å²) in [5.74, 6) is -0.273. The van der Waals surface area contributed by atoms with Gasteiger partial charge in [0.2, 0.25) is 5.95 Å². The van der Waals surface area contributed by atoms with Gasteiger partial charge in [-0.1, -0.05) is 17.7 Å². The molecule has 0 atom stereocenters. The minimum absolute atomic E-state index is 0.285. The first-order valence-corrected chi connectivity index (χ1v) is 7.33. The number of nitrogens with zero attached hydrogens (tertiary/aromatic N) is 2. The molecule has 3 rings (SSSR count). The maximum atomic E-state index is 12.9. The smallest absolute Gasteiger partial charge is 0.258 e. The van der Waals surface area contributed by atoms with Gasteiger partial charge < -0.3 is 10.6 Å². The highest BCUT2D eigenvalue weighted by Crippen LogP contribution is 2.14. The molecule has 5 nitrogen and oxygen atoms in total. The third kappa shape index (κ3) is 3.92. The summed E-state index contributed by atoms with van der Waals surface area (Å²) >= 11 is 0. The minimum atomic E-state index is -0.315. The third-order valence-corrected chi connectivity index (χ3v) is 3.32. The van der Waals surface area contributed by atoms with Crippen molar-refractivity contribution in [2.45, 2.75) is 6.92 Å². The number of aromatic nitrogens is 2. The largest absolute Gasteiger partial charge is 0.324 e. The number of hydrogen-bond donors (Lipinski definition) is 2. The Morgan fingerprint density at radius 3 is 2.12 bits per heavy atom. The van der Waals surface area contributed by atoms with Crippen molar-refractivity contribution in [3.05, 3.63) is 77.9 Å². The average molecular weight is 322 g/mol. The maximum absolute atomic E-state index is 12.9. The minimum Gasteiger partial charge on any atom is -0.324 e. The van der Waals surface area contributed by atoms with Gasteiger partial charge in [0.25, 0.3) is 5.91 Å². The third-order valence-electron chi connectivity index (χ3n) is 3.32. The summed E-state index contributed by atoms with van der Waals surface area (Å²) in [5.41, 5.74) is 2.83. The van der Waals surface area contributed by atoms with Gasteiger partial charge in [0.1, 0.15) is 5.82 Å². The van der Waals surface area contributed by atoms with Gasteiger partial charge in [-0.05, 0) is 43.3 Å². The number of hydrogen-bond acceptors (Lipinski definition) is 4. The summed E-state index contributed by atoms with van der Waals surface area (Å²) in [7, 11) is 0. The van der Waals surface area contributed by atoms with E-state index in [0.29, 0.717) is 22.9 Å². The Hall–Kier alpha value is -3.28. The van der Waals surface area contributed by atoms with Crippen LogP contribution in [0.1, 0.15) is 15.9 Å². The normalized spacial score (nSPS) is 10.2. The molecule has 0 aliphatic heterocycles. The summed E-state index contributed by atoms with van der Waals surface area (Å²) in [4.78, 5) is 20.3. The Balaban J connectivity index is 1.66. The van der Waals surface area contributed by atoms with Crippen molar-refractivity contribution >= 4 is 23.2 Å². The number of aryl methyl sites for hydroxylation is 1. The second-order valence-corrected chi connectivity index (χ2v) is 5.25. The molecule has 0 fully saturated rings. The van der Waals surface area contributed by atoms with Crippen molar-refractivity contribution in [2.75, 3.05) is 10.6 Å². The van der Waals surface area contributed by atoms with Crippen LogP contribution in [0, 0.1) is 12.7 Å². The highest BCUT2D eigenvalue weighted by atomic mass is 19.1. The van der Waals surface area contributed by atoms with E-state index in [9.17, 15) is 9.18 Å². The number of nitrogens with one attached hydrogen (secondary N) is 2. The molecule has 3 aromatic rings. The predicted molar refractivity (Wildman–Crippen MR) is 90.8 cm³/mol. The lowest BCUT2D eigenvalue weighted by Gasteiger charge is -2.07. The number of anilines is 3. The van der Waals surface area contributed by atoms with Crippen LogP contribution in [0.4, 0.5) is 21.7 Å². The van der Waals surface area contributed by atoms with Gasteiger partial charge in [0, 0.05) is 23.8 Å². The molecule has 0 saturated carbocycles. The van der Waals surface area contributed by atoms with Crippen molar-refractivity contribution in [1.29, 1.82) is 0 Å². The van der Waals surface area contributed by atoms with Crippen LogP contribution in [0.2, 0.25) is 0 Å². The molecule has 0 bridgehead atoms. The number of rotatable bonds is 4. The second-order valence-electron chi connectivity index (χ2n) is 5.25. The van der Waals surface area contributed by atoms with Gasteiger partial charge in [-0.15, -0.1) is 0 Å². The van der Waals surface area contributed by atoms with Crippen LogP contribution in [0.25, 0.3) is 0 Å². The van der Waals surface area contributed by atoms with Crippen molar-refractivity contribution in [3.8, 4) is 0 Å². The fourth-order valence-corrected chi connectivity index (χ4v) is 2.01. The first-order chi connectivity index (χ1) is 11.6. The van der Waals surface area contributed by atoms with E-state index >= 15 is 0 Å². The molecule has 1 aromatic heterocycles. The van der Waals surface area contributed by atoms with Crippen LogP contribution in [0.3, 0.4) is 0 Å². The lowest BCUT2D eigenvalue weighted by molar-refractivity contribution is 0.102. The molecule has 0 radical (unpaired) electrons. The highest BCUT2D eigenvalue weighted by Gasteiger charge is 2.08. The quantitative estimate of drug-likeness (QED) is 0.764. The van der Waals surface area contributed by atoms with E-state index in [1.54, 1.807) is 12.1 Å². The van der Waals surface area contributed by atoms with Crippen molar-refractivity contribution in [2.24, 2.45) is 0 Å². The molecule has 0 unspecified atom stereocenters. The van der Waals surface area contributed by atoms with E-state index in [4.69, 9.17) is 0 Å². The van der Waals surface area contributed by atoms with Crippen LogP contribution in [0.5, 0.6) is 0 Å². The molecule has 2 aromatic carbocycles. The highest BCUT2D eigenvalue weighted by molar-refractivity contribution is 6.03. The molecule has 2 N–H and O–H groups in total. The number of amides is 1. The lowest BCUT2D eigenvalue weighted by atomic mass is 10.2. The molecule has 0 spiro atoms. The standard InChI is InChI=1S/C18H15FN4O/c1-12-2-6-15(7-3-12)22-17(24)13-10-20-18(21-11-13)23-16-8-4-14(19)5-9-16/h2-11H,1H3,(H,22,24)(H,20,21,23). The van der Waals surface area contributed by atoms with Gasteiger partial charge in [-0.2, -0.15) is 0 Å². The molecule has 6 heteroatoms. The van der Waals surface area contributed by atoms with Gasteiger partial charge in [-0.25, -0.2) is 14.4 Å². The van der Waals surface area contributed by atoms with E-state index in [2.05, 4.69) is 20.6 Å². The van der Waals surface area contributed by atoms with E-state index in [1.807, 2.05) is 31.2 Å². The molecule has 120 valence electrons. The molecule has 1 heterocycles. The Kier molecular flexibility index (Phi) is 4.47. The zero-order valence-electron chi connectivity index (χ0n) is 13.0. The van der Waals surface area contributed by atoms with Crippen LogP contribution in [-0.4, -0.2) is 15.9 Å². The SMILES string of the molecule is Cc1ccc(NC(=O)c2cnc(Nc3ccc(F)cc3)nc2)cc1. The average Bonchev–Trinajstić information content (AvgIpc) is 2.59. The fraction of sp³-hybridized carbons (Fsp3) is 0.0556. The Morgan fingerprint density at radius 1 is 0.917 bits per heavy atom. The summed E-state index contributed by atoms with van der Waals surface area (Å²) < 4.78 is 12.9. The number of halogens is 1. The van der Waals surface area contributed by atoms with Gasteiger partial charge in [-0.3, -0.25) is 4.79 Å². The number of carbonyl (C=O) groups is 1. The van der Waals surface area contributed by atoms with Crippen LogP contribution >= 0.6 is 0 Å². The van der Waals surface area contributed by atoms with Gasteiger partial charge >= 0.3 is 0 Å². The number of benzene rings is 2. The maximum Gasteiger partial charge on any atom is 0.258 e. The zero-order chi connectivity index (χ0) is 16.9. The van der Waals surface area contributed by atoms with E-state index in [0.717, 1.165) is 5.56 Å². The van der Waals surface area contributed by atoms with Crippen molar-refractivity contribution < 1.29 is 9.18 Å². The Morgan fingerprint density at radius 2 is 1.50 bits per heavy atom. The Bertz CT molecular complexity index is 830. The molecular weight excluding hydrogens is 307 g/mol. The molecule has 0 aliphatic rings. The second kappa shape index (κ2) is 6.87. The summed E-state index contributed by atoms with van der Waals surface area (Å²) in [6, 6.07) is 13.3. The lowest BCUT2D eigenvalue weighted by Crippen LogP contribution is -2.13. The topological polar surface area (TPSA) is 66.9 Å². The monoisotopic (exact) mass is 322 g/mol. The van der Waals surface area contributed by atoms with E-state index < -0.39 is 0 Å². The number of carbonyl (C=O) groups excluding carboxylic acids is 1. The fourth-order valence-electron chi connectivity index (χ4n) is 2.01. The van der Waals surface area contributed by atoms with Gasteiger partial charge in [0.15, 0.2) is 0 Å². The van der Waals surface area contributed by atoms with E-state index in [1.165, 1.54) is 24.5 Å². The molecule has 0 saturated heterocycles. The predicted octanol–water partition coefficient (Wildman–Crippen LogP) is 3.92. The van der Waals surface area contributed by atoms with Gasteiger partial charge in [0.05, 0.1) is 5.56 Å². The van der Waals surface area contributed by atoms with Crippen molar-refractivity contribution in [1.82, 2.24) is 9.97 Å². The molecule has 24 heavy (non-hydrogen) atoms. The van der Waals surface area contributed by atoms with Crippen LogP contribution in [0.15, 0.2) is 60.9 Å². The first kappa shape index (κ1) is 15.6. The molecule has 0 aliphatic carbocycles. The van der Waals surface area contributed by atoms with Crippen molar-refractivity contribution in [3.63, 3.8) is 0 Å². The molecular formula is C18H15FN4O. The first-order valence-electron chi connectivity index (χ1n) is 7.33. The van der Waals surface area contributed by atoms with Crippen LogP contribution in [-0.2, 0) is 0 Å². The molecule has 1 amide bonds.